The Morgan fingerprint density at radius 2 is 1.86 bits per heavy atom. The predicted molar refractivity (Wildman–Crippen MR) is 104 cm³/mol. The minimum Gasteiger partial charge on any atom is -0.423 e. The fraction of sp³-hybridized carbons (Fsp3) is 0.250. The van der Waals surface area contributed by atoms with Crippen LogP contribution >= 0.6 is 0 Å². The molecule has 1 aliphatic heterocycles. The van der Waals surface area contributed by atoms with Gasteiger partial charge in [0.15, 0.2) is 0 Å². The summed E-state index contributed by atoms with van der Waals surface area (Å²) in [5, 5.41) is 19.0. The van der Waals surface area contributed by atoms with Gasteiger partial charge in [-0.2, -0.15) is 0 Å². The molecule has 148 valence electrons. The van der Waals surface area contributed by atoms with Crippen molar-refractivity contribution >= 4 is 17.3 Å². The number of nitrogens with zero attached hydrogens (tertiary/aromatic N) is 4. The lowest BCUT2D eigenvalue weighted by molar-refractivity contribution is -0.384. The monoisotopic (exact) mass is 394 g/mol. The number of piperidine rings is 1. The zero-order chi connectivity index (χ0) is 20.2. The van der Waals surface area contributed by atoms with Crippen LogP contribution in [0.5, 0.6) is 5.75 Å². The zero-order valence-corrected chi connectivity index (χ0v) is 15.5. The van der Waals surface area contributed by atoms with Crippen LogP contribution in [-0.4, -0.2) is 34.2 Å². The molecule has 4 rings (SSSR count). The van der Waals surface area contributed by atoms with E-state index in [-0.39, 0.29) is 11.3 Å². The van der Waals surface area contributed by atoms with Crippen molar-refractivity contribution in [1.82, 2.24) is 10.2 Å². The van der Waals surface area contributed by atoms with Gasteiger partial charge in [0.1, 0.15) is 11.4 Å². The summed E-state index contributed by atoms with van der Waals surface area (Å²) >= 11 is 0. The Kier molecular flexibility index (Phi) is 5.19. The number of nitro groups is 1. The lowest BCUT2D eigenvalue weighted by Crippen LogP contribution is -2.30. The van der Waals surface area contributed by atoms with Gasteiger partial charge in [-0.25, -0.2) is 4.79 Å². The summed E-state index contributed by atoms with van der Waals surface area (Å²) in [4.78, 5) is 25.6. The Morgan fingerprint density at radius 1 is 1.10 bits per heavy atom. The number of esters is 1. The fourth-order valence-corrected chi connectivity index (χ4v) is 3.33. The number of carbonyl (C=O) groups excluding carboxylic acids is 1. The summed E-state index contributed by atoms with van der Waals surface area (Å²) in [6.07, 6.45) is 4.35. The maximum Gasteiger partial charge on any atom is 0.343 e. The van der Waals surface area contributed by atoms with Crippen molar-refractivity contribution in [3.05, 3.63) is 64.5 Å². The minimum absolute atomic E-state index is 0.0897. The van der Waals surface area contributed by atoms with Gasteiger partial charge in [-0.05, 0) is 55.7 Å². The average Bonchev–Trinajstić information content (AvgIpc) is 3.29. The number of hydrogen-bond acceptors (Lipinski definition) is 8. The van der Waals surface area contributed by atoms with Gasteiger partial charge in [0.25, 0.3) is 5.69 Å². The van der Waals surface area contributed by atoms with Gasteiger partial charge >= 0.3 is 5.97 Å². The van der Waals surface area contributed by atoms with Crippen LogP contribution in [-0.2, 0) is 0 Å². The second-order valence-electron chi connectivity index (χ2n) is 6.67. The molecule has 0 amide bonds. The highest BCUT2D eigenvalue weighted by Gasteiger charge is 2.23. The fourth-order valence-electron chi connectivity index (χ4n) is 3.33. The molecule has 1 aliphatic rings. The number of benzene rings is 2. The molecule has 3 aromatic rings. The number of aromatic nitrogens is 2. The lowest BCUT2D eigenvalue weighted by Gasteiger charge is -2.28. The van der Waals surface area contributed by atoms with Crippen molar-refractivity contribution in [3.63, 3.8) is 0 Å². The number of carbonyl (C=O) groups is 1. The molecule has 0 atom stereocenters. The van der Waals surface area contributed by atoms with Crippen molar-refractivity contribution in [1.29, 1.82) is 0 Å². The van der Waals surface area contributed by atoms with E-state index >= 15 is 0 Å². The first-order valence-electron chi connectivity index (χ1n) is 9.24. The number of anilines is 1. The molecule has 29 heavy (non-hydrogen) atoms. The van der Waals surface area contributed by atoms with Gasteiger partial charge in [0.05, 0.1) is 10.5 Å². The number of rotatable bonds is 5. The highest BCUT2D eigenvalue weighted by molar-refractivity contribution is 5.93. The SMILES string of the molecule is O=C(Oc1ccc(-c2nnco2)cc1)c1ccc(N2CCCCC2)c([N+](=O)[O-])c1. The summed E-state index contributed by atoms with van der Waals surface area (Å²) in [6, 6.07) is 11.0. The van der Waals surface area contributed by atoms with E-state index < -0.39 is 10.9 Å². The first kappa shape index (κ1) is 18.6. The van der Waals surface area contributed by atoms with Crippen LogP contribution in [0.25, 0.3) is 11.5 Å². The van der Waals surface area contributed by atoms with E-state index in [0.29, 0.717) is 22.9 Å². The molecule has 0 aliphatic carbocycles. The molecule has 0 unspecified atom stereocenters. The number of ether oxygens (including phenoxy) is 1. The molecule has 9 nitrogen and oxygen atoms in total. The van der Waals surface area contributed by atoms with Crippen LogP contribution in [0.1, 0.15) is 29.6 Å². The quantitative estimate of drug-likeness (QED) is 0.278. The van der Waals surface area contributed by atoms with Crippen molar-refractivity contribution in [2.24, 2.45) is 0 Å². The molecule has 0 radical (unpaired) electrons. The van der Waals surface area contributed by atoms with Gasteiger partial charge in [-0.3, -0.25) is 10.1 Å². The number of hydrogen-bond donors (Lipinski definition) is 0. The summed E-state index contributed by atoms with van der Waals surface area (Å²) in [6.45, 7) is 1.55. The highest BCUT2D eigenvalue weighted by atomic mass is 16.6. The lowest BCUT2D eigenvalue weighted by atomic mass is 10.1. The Bertz CT molecular complexity index is 1010. The standard InChI is InChI=1S/C20H18N4O5/c25-20(29-16-7-4-14(5-8-16)19-22-21-13-28-19)15-6-9-17(18(12-15)24(26)27)23-10-2-1-3-11-23/h4-9,12-13H,1-3,10-11H2. The van der Waals surface area contributed by atoms with E-state index in [9.17, 15) is 14.9 Å². The third kappa shape index (κ3) is 4.08. The van der Waals surface area contributed by atoms with Crippen molar-refractivity contribution in [2.75, 3.05) is 18.0 Å². The smallest absolute Gasteiger partial charge is 0.343 e. The van der Waals surface area contributed by atoms with Crippen LogP contribution in [0.15, 0.2) is 53.3 Å². The topological polar surface area (TPSA) is 112 Å². The molecule has 2 aromatic carbocycles. The molecule has 1 aromatic heterocycles. The van der Waals surface area contributed by atoms with Crippen LogP contribution in [0, 0.1) is 10.1 Å². The van der Waals surface area contributed by atoms with E-state index in [1.54, 1.807) is 36.4 Å². The van der Waals surface area contributed by atoms with Crippen LogP contribution in [0.3, 0.4) is 0 Å². The second kappa shape index (κ2) is 8.09. The normalized spacial score (nSPS) is 13.9. The largest absolute Gasteiger partial charge is 0.423 e. The van der Waals surface area contributed by atoms with Crippen molar-refractivity contribution in [2.45, 2.75) is 19.3 Å². The van der Waals surface area contributed by atoms with Crippen molar-refractivity contribution in [3.8, 4) is 17.2 Å². The molecule has 0 spiro atoms. The van der Waals surface area contributed by atoms with Crippen LogP contribution in [0.2, 0.25) is 0 Å². The van der Waals surface area contributed by atoms with Gasteiger partial charge in [0, 0.05) is 24.7 Å². The van der Waals surface area contributed by atoms with Crippen LogP contribution < -0.4 is 9.64 Å². The molecule has 9 heteroatoms. The van der Waals surface area contributed by atoms with Gasteiger partial charge in [-0.15, -0.1) is 10.2 Å². The first-order valence-corrected chi connectivity index (χ1v) is 9.24. The molecule has 0 saturated carbocycles. The predicted octanol–water partition coefficient (Wildman–Crippen LogP) is 3.85. The van der Waals surface area contributed by atoms with E-state index in [1.165, 1.54) is 12.5 Å². The first-order chi connectivity index (χ1) is 14.1. The Morgan fingerprint density at radius 3 is 2.52 bits per heavy atom. The minimum atomic E-state index is -0.663. The Labute approximate surface area is 166 Å². The maximum atomic E-state index is 12.5. The zero-order valence-electron chi connectivity index (χ0n) is 15.5. The molecular weight excluding hydrogens is 376 g/mol. The summed E-state index contributed by atoms with van der Waals surface area (Å²) in [5.74, 6) is -0.00309. The summed E-state index contributed by atoms with van der Waals surface area (Å²) < 4.78 is 10.5. The van der Waals surface area contributed by atoms with Crippen molar-refractivity contribution < 1.29 is 18.9 Å². The third-order valence-corrected chi connectivity index (χ3v) is 4.78. The van der Waals surface area contributed by atoms with E-state index in [1.807, 2.05) is 4.90 Å². The average molecular weight is 394 g/mol. The molecule has 0 N–H and O–H groups in total. The maximum absolute atomic E-state index is 12.5. The molecular formula is C20H18N4O5. The van der Waals surface area contributed by atoms with Gasteiger partial charge < -0.3 is 14.1 Å². The van der Waals surface area contributed by atoms with E-state index in [4.69, 9.17) is 9.15 Å². The van der Waals surface area contributed by atoms with E-state index in [2.05, 4.69) is 10.2 Å². The molecule has 2 heterocycles. The second-order valence-corrected chi connectivity index (χ2v) is 6.67. The van der Waals surface area contributed by atoms with E-state index in [0.717, 1.165) is 32.4 Å². The third-order valence-electron chi connectivity index (χ3n) is 4.78. The Hall–Kier alpha value is -3.75. The molecule has 0 bridgehead atoms. The van der Waals surface area contributed by atoms with Gasteiger partial charge in [-0.1, -0.05) is 0 Å². The number of nitro benzene ring substituents is 1. The van der Waals surface area contributed by atoms with Crippen LogP contribution in [0.4, 0.5) is 11.4 Å². The summed E-state index contributed by atoms with van der Waals surface area (Å²) in [7, 11) is 0. The molecule has 1 saturated heterocycles. The van der Waals surface area contributed by atoms with Gasteiger partial charge in [0.2, 0.25) is 12.3 Å². The molecule has 1 fully saturated rings. The summed E-state index contributed by atoms with van der Waals surface area (Å²) in [5.41, 5.74) is 1.26. The highest BCUT2D eigenvalue weighted by Crippen LogP contribution is 2.31. The Balaban J connectivity index is 1.52.